The fraction of sp³-hybridized carbons (Fsp3) is 0.292. The van der Waals surface area contributed by atoms with Crippen molar-refractivity contribution in [1.29, 1.82) is 0 Å². The van der Waals surface area contributed by atoms with Crippen LogP contribution in [0.5, 0.6) is 11.5 Å². The van der Waals surface area contributed by atoms with Crippen LogP contribution in [0.1, 0.15) is 26.7 Å². The van der Waals surface area contributed by atoms with Crippen LogP contribution in [0.25, 0.3) is 11.2 Å². The minimum atomic E-state index is -0.235. The van der Waals surface area contributed by atoms with Gasteiger partial charge in [0.05, 0.1) is 11.9 Å². The number of nitrogens with zero attached hydrogens (tertiary/aromatic N) is 4. The van der Waals surface area contributed by atoms with Crippen LogP contribution < -0.4 is 15.4 Å². The van der Waals surface area contributed by atoms with Gasteiger partial charge in [0.1, 0.15) is 22.1 Å². The molecule has 2 aliphatic carbocycles. The first kappa shape index (κ1) is 22.1. The number of aromatic nitrogens is 4. The number of halogens is 1. The fourth-order valence-corrected chi connectivity index (χ4v) is 4.23. The molecule has 0 bridgehead atoms. The van der Waals surface area contributed by atoms with Gasteiger partial charge in [-0.25, -0.2) is 9.97 Å². The Kier molecular flexibility index (Phi) is 5.57. The number of aryl methyl sites for hydroxylation is 1. The first-order valence-corrected chi connectivity index (χ1v) is 11.3. The summed E-state index contributed by atoms with van der Waals surface area (Å²) in [6.07, 6.45) is 9.31. The zero-order chi connectivity index (χ0) is 24.0. The summed E-state index contributed by atoms with van der Waals surface area (Å²) in [4.78, 5) is 37.1. The second kappa shape index (κ2) is 8.57. The number of imidazole rings is 1. The van der Waals surface area contributed by atoms with Gasteiger partial charge in [-0.15, -0.1) is 0 Å². The lowest BCUT2D eigenvalue weighted by molar-refractivity contribution is -0.117. The molecule has 0 radical (unpaired) electrons. The molecule has 0 aromatic carbocycles. The van der Waals surface area contributed by atoms with E-state index in [1.54, 1.807) is 23.7 Å². The maximum atomic E-state index is 12.8. The van der Waals surface area contributed by atoms with Crippen LogP contribution in [-0.2, 0) is 16.6 Å². The number of hydrogen-bond donors (Lipinski definition) is 2. The topological polar surface area (TPSA) is 111 Å². The molecule has 0 aliphatic heterocycles. The van der Waals surface area contributed by atoms with Crippen molar-refractivity contribution < 1.29 is 14.3 Å². The molecule has 1 fully saturated rings. The molecule has 1 atom stereocenters. The molecule has 174 valence electrons. The van der Waals surface area contributed by atoms with Gasteiger partial charge in [-0.3, -0.25) is 9.59 Å². The number of Topliss-reactive ketones (excluding diaryl/α,β-unsaturated/α-hetero) is 1. The van der Waals surface area contributed by atoms with E-state index in [4.69, 9.17) is 16.3 Å². The fourth-order valence-electron chi connectivity index (χ4n) is 3.93. The number of allylic oxidation sites excluding steroid dienone is 4. The average Bonchev–Trinajstić information content (AvgIpc) is 3.58. The minimum Gasteiger partial charge on any atom is -0.454 e. The van der Waals surface area contributed by atoms with Gasteiger partial charge in [-0.1, -0.05) is 24.6 Å². The van der Waals surface area contributed by atoms with Crippen LogP contribution in [0.4, 0.5) is 11.8 Å². The van der Waals surface area contributed by atoms with Crippen LogP contribution in [0, 0.1) is 11.8 Å². The van der Waals surface area contributed by atoms with E-state index in [9.17, 15) is 9.59 Å². The van der Waals surface area contributed by atoms with E-state index in [1.165, 1.54) is 24.9 Å². The third-order valence-corrected chi connectivity index (χ3v) is 6.16. The van der Waals surface area contributed by atoms with Gasteiger partial charge in [0.15, 0.2) is 17.2 Å². The minimum absolute atomic E-state index is 0.0206. The Morgan fingerprint density at radius 3 is 2.82 bits per heavy atom. The van der Waals surface area contributed by atoms with Crippen molar-refractivity contribution in [3.63, 3.8) is 0 Å². The van der Waals surface area contributed by atoms with Gasteiger partial charge >= 0.3 is 0 Å². The molecule has 34 heavy (non-hydrogen) atoms. The van der Waals surface area contributed by atoms with E-state index in [-0.39, 0.29) is 17.6 Å². The van der Waals surface area contributed by atoms with Gasteiger partial charge in [-0.2, -0.15) is 4.98 Å². The number of fused-ring (bicyclic) bond motifs is 1. The third kappa shape index (κ3) is 4.26. The lowest BCUT2D eigenvalue weighted by atomic mass is 9.92. The zero-order valence-electron chi connectivity index (χ0n) is 18.9. The second-order valence-electron chi connectivity index (χ2n) is 8.54. The van der Waals surface area contributed by atoms with Crippen molar-refractivity contribution in [2.45, 2.75) is 26.7 Å². The molecule has 1 saturated carbocycles. The van der Waals surface area contributed by atoms with Crippen LogP contribution >= 0.6 is 11.6 Å². The number of carbonyl (C=O) groups excluding carboxylic acids is 2. The van der Waals surface area contributed by atoms with Crippen molar-refractivity contribution in [2.75, 3.05) is 10.6 Å². The van der Waals surface area contributed by atoms with Gasteiger partial charge in [0, 0.05) is 32.2 Å². The molecule has 1 amide bonds. The van der Waals surface area contributed by atoms with Crippen LogP contribution in [0.3, 0.4) is 0 Å². The van der Waals surface area contributed by atoms with E-state index >= 15 is 0 Å². The van der Waals surface area contributed by atoms with Gasteiger partial charge in [0.2, 0.25) is 11.9 Å². The standard InChI is InChI=1S/C24H23ClN6O3/c1-12-8-15(14-4-5-14)9-17(22(12)33)29-24-30-23-21(31(24)3)20(25)18(11-27-23)34-16-6-7-26-19(10-16)28-13(2)32/h6-12,14H,4-5H2,1-3H3,(H,26,28,32)(H,27,29,30). The largest absolute Gasteiger partial charge is 0.454 e. The van der Waals surface area contributed by atoms with Crippen LogP contribution in [-0.4, -0.2) is 31.2 Å². The smallest absolute Gasteiger partial charge is 0.222 e. The SMILES string of the molecule is CC(=O)Nc1cc(Oc2cnc3nc(NC4=CC(C5CC5)=CC(C)C4=O)n(C)c3c2Cl)ccn1. The molecule has 3 aromatic rings. The summed E-state index contributed by atoms with van der Waals surface area (Å²) in [5.74, 6) is 1.74. The van der Waals surface area contributed by atoms with Crippen LogP contribution in [0.15, 0.2) is 47.9 Å². The van der Waals surface area contributed by atoms with E-state index in [0.717, 1.165) is 12.8 Å². The van der Waals surface area contributed by atoms with E-state index in [0.29, 0.717) is 51.1 Å². The summed E-state index contributed by atoms with van der Waals surface area (Å²) in [5, 5.41) is 6.12. The number of hydrogen-bond acceptors (Lipinski definition) is 7. The van der Waals surface area contributed by atoms with E-state index in [2.05, 4.69) is 31.7 Å². The lowest BCUT2D eigenvalue weighted by Gasteiger charge is -2.18. The molecule has 0 spiro atoms. The first-order chi connectivity index (χ1) is 16.3. The maximum absolute atomic E-state index is 12.8. The molecule has 3 heterocycles. The van der Waals surface area contributed by atoms with Gasteiger partial charge < -0.3 is 19.9 Å². The number of ether oxygens (including phenoxy) is 1. The number of pyridine rings is 2. The summed E-state index contributed by atoms with van der Waals surface area (Å²) >= 11 is 6.67. The predicted octanol–water partition coefficient (Wildman–Crippen LogP) is 4.62. The molecule has 2 aliphatic rings. The number of rotatable bonds is 6. The Bertz CT molecular complexity index is 1390. The average molecular weight is 479 g/mol. The molecule has 5 rings (SSSR count). The molecule has 0 saturated heterocycles. The summed E-state index contributed by atoms with van der Waals surface area (Å²) in [6, 6.07) is 3.24. The van der Waals surface area contributed by atoms with Gasteiger partial charge in [0.25, 0.3) is 0 Å². The first-order valence-electron chi connectivity index (χ1n) is 11.0. The van der Waals surface area contributed by atoms with Gasteiger partial charge in [-0.05, 0) is 36.5 Å². The highest BCUT2D eigenvalue weighted by atomic mass is 35.5. The van der Waals surface area contributed by atoms with Crippen molar-refractivity contribution >= 4 is 46.2 Å². The Hall–Kier alpha value is -3.72. The molecule has 3 aromatic heterocycles. The number of nitrogens with one attached hydrogen (secondary N) is 2. The van der Waals surface area contributed by atoms with E-state index < -0.39 is 0 Å². The van der Waals surface area contributed by atoms with Crippen molar-refractivity contribution in [2.24, 2.45) is 18.9 Å². The molecule has 2 N–H and O–H groups in total. The monoisotopic (exact) mass is 478 g/mol. The number of carbonyl (C=O) groups is 2. The Labute approximate surface area is 200 Å². The van der Waals surface area contributed by atoms with Crippen LogP contribution in [0.2, 0.25) is 5.02 Å². The summed E-state index contributed by atoms with van der Waals surface area (Å²) in [6.45, 7) is 3.31. The molecule has 1 unspecified atom stereocenters. The Morgan fingerprint density at radius 1 is 1.29 bits per heavy atom. The second-order valence-corrected chi connectivity index (χ2v) is 8.92. The zero-order valence-corrected chi connectivity index (χ0v) is 19.7. The highest BCUT2D eigenvalue weighted by Crippen LogP contribution is 2.40. The van der Waals surface area contributed by atoms with Crippen molar-refractivity contribution in [3.8, 4) is 11.5 Å². The normalized spacial score (nSPS) is 17.9. The molecule has 9 nitrogen and oxygen atoms in total. The van der Waals surface area contributed by atoms with Crippen molar-refractivity contribution in [3.05, 3.63) is 53.0 Å². The maximum Gasteiger partial charge on any atom is 0.222 e. The number of anilines is 2. The van der Waals surface area contributed by atoms with Crippen molar-refractivity contribution in [1.82, 2.24) is 19.5 Å². The highest BCUT2D eigenvalue weighted by molar-refractivity contribution is 6.36. The quantitative estimate of drug-likeness (QED) is 0.531. The van der Waals surface area contributed by atoms with E-state index in [1.807, 2.05) is 13.0 Å². The molecular weight excluding hydrogens is 456 g/mol. The number of ketones is 1. The molecular formula is C24H23ClN6O3. The third-order valence-electron chi connectivity index (χ3n) is 5.80. The Morgan fingerprint density at radius 2 is 2.09 bits per heavy atom. The summed E-state index contributed by atoms with van der Waals surface area (Å²) in [5.41, 5.74) is 2.71. The molecule has 10 heteroatoms. The summed E-state index contributed by atoms with van der Waals surface area (Å²) in [7, 11) is 1.80. The lowest BCUT2D eigenvalue weighted by Crippen LogP contribution is -2.22. The summed E-state index contributed by atoms with van der Waals surface area (Å²) < 4.78 is 7.66. The number of amides is 1. The highest BCUT2D eigenvalue weighted by Gasteiger charge is 2.31. The Balaban J connectivity index is 1.44. The predicted molar refractivity (Wildman–Crippen MR) is 129 cm³/mol.